The van der Waals surface area contributed by atoms with Crippen molar-refractivity contribution in [1.29, 1.82) is 0 Å². The molecule has 0 aromatic heterocycles. The Kier molecular flexibility index (Phi) is 8.50. The van der Waals surface area contributed by atoms with Gasteiger partial charge in [-0.25, -0.2) is 0 Å². The lowest BCUT2D eigenvalue weighted by Crippen LogP contribution is -2.44. The highest BCUT2D eigenvalue weighted by Gasteiger charge is 2.41. The smallest absolute Gasteiger partial charge is 0.162 e. The molecule has 1 fully saturated rings. The largest absolute Gasteiger partial charge is 0.388 e. The summed E-state index contributed by atoms with van der Waals surface area (Å²) in [7, 11) is 0. The average Bonchev–Trinajstić information content (AvgIpc) is 2.93. The van der Waals surface area contributed by atoms with Crippen LogP contribution in [0.25, 0.3) is 0 Å². The number of benzene rings is 3. The lowest BCUT2D eigenvalue weighted by molar-refractivity contribution is -0.0142. The lowest BCUT2D eigenvalue weighted by Gasteiger charge is -2.42. The van der Waals surface area contributed by atoms with Gasteiger partial charge in [0.1, 0.15) is 5.60 Å². The number of likely N-dealkylation sites (tertiary alicyclic amines) is 1. The van der Waals surface area contributed by atoms with Crippen molar-refractivity contribution in [1.82, 2.24) is 4.90 Å². The summed E-state index contributed by atoms with van der Waals surface area (Å²) in [5, 5.41) is 22.0. The van der Waals surface area contributed by atoms with E-state index >= 15 is 0 Å². The maximum Gasteiger partial charge on any atom is 0.162 e. The summed E-state index contributed by atoms with van der Waals surface area (Å²) >= 11 is 0. The minimum Gasteiger partial charge on any atom is -0.388 e. The van der Waals surface area contributed by atoms with Crippen molar-refractivity contribution >= 4 is 5.78 Å². The first-order chi connectivity index (χ1) is 17.0. The van der Waals surface area contributed by atoms with E-state index in [1.54, 1.807) is 0 Å². The Bertz CT molecular complexity index is 1020. The van der Waals surface area contributed by atoms with Crippen molar-refractivity contribution < 1.29 is 15.0 Å². The Morgan fingerprint density at radius 3 is 1.97 bits per heavy atom. The Morgan fingerprint density at radius 2 is 1.46 bits per heavy atom. The van der Waals surface area contributed by atoms with Gasteiger partial charge in [0.25, 0.3) is 0 Å². The quantitative estimate of drug-likeness (QED) is 0.370. The number of carbonyl (C=O) groups is 1. The molecule has 184 valence electrons. The van der Waals surface area contributed by atoms with Crippen LogP contribution in [0.1, 0.15) is 72.2 Å². The zero-order valence-electron chi connectivity index (χ0n) is 20.6. The summed E-state index contributed by atoms with van der Waals surface area (Å²) in [5.41, 5.74) is 2.48. The highest BCUT2D eigenvalue weighted by atomic mass is 16.3. The van der Waals surface area contributed by atoms with Gasteiger partial charge in [0, 0.05) is 12.0 Å². The van der Waals surface area contributed by atoms with Gasteiger partial charge in [-0.05, 0) is 67.9 Å². The van der Waals surface area contributed by atoms with Gasteiger partial charge < -0.3 is 15.1 Å². The minimum atomic E-state index is -0.998. The zero-order chi connectivity index (χ0) is 24.7. The molecule has 3 aromatic rings. The van der Waals surface area contributed by atoms with Crippen LogP contribution in [0.4, 0.5) is 0 Å². The van der Waals surface area contributed by atoms with Gasteiger partial charge in [-0.1, -0.05) is 91.9 Å². The molecule has 1 atom stereocenters. The summed E-state index contributed by atoms with van der Waals surface area (Å²) in [5.74, 6) is 0.294. The molecule has 0 spiro atoms. The third-order valence-corrected chi connectivity index (χ3v) is 7.49. The van der Waals surface area contributed by atoms with E-state index in [-0.39, 0.29) is 11.7 Å². The molecule has 0 radical (unpaired) electrons. The summed E-state index contributed by atoms with van der Waals surface area (Å²) < 4.78 is 0. The average molecular weight is 472 g/mol. The number of Topliss-reactive ketones (excluding diaryl/α,β-unsaturated/α-hetero) is 1. The van der Waals surface area contributed by atoms with Gasteiger partial charge in [-0.3, -0.25) is 4.79 Å². The Morgan fingerprint density at radius 1 is 0.914 bits per heavy atom. The first kappa shape index (κ1) is 25.3. The molecule has 4 nitrogen and oxygen atoms in total. The molecule has 1 unspecified atom stereocenters. The van der Waals surface area contributed by atoms with Crippen LogP contribution in [-0.2, 0) is 5.60 Å². The molecule has 2 N–H and O–H groups in total. The summed E-state index contributed by atoms with van der Waals surface area (Å²) in [6, 6.07) is 27.4. The predicted octanol–water partition coefficient (Wildman–Crippen LogP) is 5.74. The van der Waals surface area contributed by atoms with Crippen molar-refractivity contribution in [2.45, 2.75) is 50.7 Å². The summed E-state index contributed by atoms with van der Waals surface area (Å²) in [4.78, 5) is 15.0. The van der Waals surface area contributed by atoms with E-state index < -0.39 is 11.7 Å². The number of aliphatic hydroxyl groups excluding tert-OH is 1. The second-order valence-corrected chi connectivity index (χ2v) is 9.69. The molecule has 4 heteroatoms. The van der Waals surface area contributed by atoms with E-state index in [4.69, 9.17) is 0 Å². The molecule has 3 aromatic carbocycles. The van der Waals surface area contributed by atoms with Gasteiger partial charge in [0.2, 0.25) is 0 Å². The predicted molar refractivity (Wildman–Crippen MR) is 140 cm³/mol. The Hall–Kier alpha value is -2.79. The molecular formula is C31H37NO3. The molecule has 0 saturated carbocycles. The van der Waals surface area contributed by atoms with E-state index in [0.29, 0.717) is 18.4 Å². The summed E-state index contributed by atoms with van der Waals surface area (Å²) in [6.07, 6.45) is 3.37. The fraction of sp³-hybridized carbons (Fsp3) is 0.387. The number of hydrogen-bond acceptors (Lipinski definition) is 4. The normalized spacial score (nSPS) is 16.2. The number of aliphatic hydroxyl groups is 2. The molecule has 1 aliphatic rings. The van der Waals surface area contributed by atoms with E-state index in [1.165, 1.54) is 0 Å². The van der Waals surface area contributed by atoms with E-state index in [9.17, 15) is 15.0 Å². The molecule has 0 amide bonds. The number of ketones is 1. The molecular weight excluding hydrogens is 434 g/mol. The van der Waals surface area contributed by atoms with Crippen LogP contribution < -0.4 is 0 Å². The third kappa shape index (κ3) is 5.90. The molecule has 0 aliphatic carbocycles. The molecule has 0 bridgehead atoms. The number of hydrogen-bond donors (Lipinski definition) is 2. The molecule has 1 aliphatic heterocycles. The van der Waals surface area contributed by atoms with Crippen molar-refractivity contribution in [3.8, 4) is 0 Å². The first-order valence-corrected chi connectivity index (χ1v) is 12.9. The van der Waals surface area contributed by atoms with E-state index in [1.807, 2.05) is 91.9 Å². The van der Waals surface area contributed by atoms with Crippen molar-refractivity contribution in [2.75, 3.05) is 19.6 Å². The van der Waals surface area contributed by atoms with Gasteiger partial charge in [-0.2, -0.15) is 0 Å². The molecule has 35 heavy (non-hydrogen) atoms. The van der Waals surface area contributed by atoms with Crippen LogP contribution in [0.2, 0.25) is 0 Å². The molecule has 4 rings (SSSR count). The van der Waals surface area contributed by atoms with E-state index in [2.05, 4.69) is 4.90 Å². The number of carbonyl (C=O) groups excluding carboxylic acids is 1. The van der Waals surface area contributed by atoms with Gasteiger partial charge in [-0.15, -0.1) is 0 Å². The number of rotatable bonds is 10. The first-order valence-electron chi connectivity index (χ1n) is 12.9. The van der Waals surface area contributed by atoms with Crippen molar-refractivity contribution in [3.05, 3.63) is 107 Å². The van der Waals surface area contributed by atoms with Crippen LogP contribution >= 0.6 is 0 Å². The molecule has 1 heterocycles. The van der Waals surface area contributed by atoms with Crippen molar-refractivity contribution in [2.24, 2.45) is 5.92 Å². The second kappa shape index (κ2) is 11.8. The Labute approximate surface area is 209 Å². The SMILES string of the molecule is CCC(O)c1ccc(C(=O)CCCN2CCC(C(O)(c3ccccc3)c3ccccc3)CC2)cc1. The number of piperidine rings is 1. The maximum absolute atomic E-state index is 12.6. The van der Waals surface area contributed by atoms with E-state index in [0.717, 1.165) is 55.6 Å². The molecule has 1 saturated heterocycles. The van der Waals surface area contributed by atoms with Crippen molar-refractivity contribution in [3.63, 3.8) is 0 Å². The number of nitrogens with zero attached hydrogens (tertiary/aromatic N) is 1. The highest BCUT2D eigenvalue weighted by molar-refractivity contribution is 5.96. The third-order valence-electron chi connectivity index (χ3n) is 7.49. The minimum absolute atomic E-state index is 0.141. The standard InChI is InChI=1S/C31H37NO3/c1-2-29(33)24-15-17-25(18-16-24)30(34)14-9-21-32-22-19-28(20-23-32)31(35,26-10-5-3-6-11-26)27-12-7-4-8-13-27/h3-8,10-13,15-18,28-29,33,35H,2,9,14,19-23H2,1H3. The van der Waals surface area contributed by atoms with Crippen LogP contribution in [0.3, 0.4) is 0 Å². The fourth-order valence-corrected chi connectivity index (χ4v) is 5.33. The zero-order valence-corrected chi connectivity index (χ0v) is 20.6. The van der Waals surface area contributed by atoms with Crippen LogP contribution in [-0.4, -0.2) is 40.5 Å². The topological polar surface area (TPSA) is 60.8 Å². The van der Waals surface area contributed by atoms with Crippen LogP contribution in [0.5, 0.6) is 0 Å². The second-order valence-electron chi connectivity index (χ2n) is 9.69. The summed E-state index contributed by atoms with van der Waals surface area (Å²) in [6.45, 7) is 4.67. The monoisotopic (exact) mass is 471 g/mol. The van der Waals surface area contributed by atoms with Crippen LogP contribution in [0, 0.1) is 5.92 Å². The van der Waals surface area contributed by atoms with Gasteiger partial charge >= 0.3 is 0 Å². The van der Waals surface area contributed by atoms with Crippen LogP contribution in [0.15, 0.2) is 84.9 Å². The fourth-order valence-electron chi connectivity index (χ4n) is 5.33. The lowest BCUT2D eigenvalue weighted by atomic mass is 9.72. The highest BCUT2D eigenvalue weighted by Crippen LogP contribution is 2.41. The maximum atomic E-state index is 12.6. The van der Waals surface area contributed by atoms with Gasteiger partial charge in [0.15, 0.2) is 5.78 Å². The van der Waals surface area contributed by atoms with Gasteiger partial charge in [0.05, 0.1) is 6.10 Å². The Balaban J connectivity index is 1.31.